The van der Waals surface area contributed by atoms with Crippen LogP contribution in [0.1, 0.15) is 12.5 Å². The Morgan fingerprint density at radius 3 is 2.77 bits per heavy atom. The van der Waals surface area contributed by atoms with Crippen molar-refractivity contribution in [3.8, 4) is 17.2 Å². The molecule has 0 atom stereocenters. The molecule has 0 radical (unpaired) electrons. The first-order valence-corrected chi connectivity index (χ1v) is 12.0. The number of nitrogens with zero attached hydrogens (tertiary/aromatic N) is 1. The monoisotopic (exact) mass is 562 g/mol. The van der Waals surface area contributed by atoms with Gasteiger partial charge < -0.3 is 24.3 Å². The molecule has 1 saturated heterocycles. The van der Waals surface area contributed by atoms with Gasteiger partial charge in [-0.05, 0) is 55.1 Å². The molecule has 35 heavy (non-hydrogen) atoms. The summed E-state index contributed by atoms with van der Waals surface area (Å²) in [6.45, 7) is 1.25. The highest BCUT2D eigenvalue weighted by molar-refractivity contribution is 9.10. The smallest absolute Gasteiger partial charge is 0.344 e. The second-order valence-corrected chi connectivity index (χ2v) is 9.07. The lowest BCUT2D eigenvalue weighted by molar-refractivity contribution is -0.145. The van der Waals surface area contributed by atoms with Gasteiger partial charge in [-0.2, -0.15) is 0 Å². The summed E-state index contributed by atoms with van der Waals surface area (Å²) in [4.78, 5) is 50.5. The number of benzene rings is 2. The number of hydrogen-bond acceptors (Lipinski definition) is 9. The van der Waals surface area contributed by atoms with E-state index in [1.807, 2.05) is 0 Å². The average molecular weight is 563 g/mol. The molecule has 0 saturated carbocycles. The quantitative estimate of drug-likeness (QED) is 0.378. The molecule has 0 aromatic heterocycles. The van der Waals surface area contributed by atoms with Crippen molar-refractivity contribution in [2.75, 3.05) is 31.9 Å². The fourth-order valence-electron chi connectivity index (χ4n) is 3.20. The summed E-state index contributed by atoms with van der Waals surface area (Å²) in [5.74, 6) is -0.307. The van der Waals surface area contributed by atoms with Gasteiger partial charge in [-0.15, -0.1) is 0 Å². The average Bonchev–Trinajstić information content (AvgIpc) is 3.38. The lowest BCUT2D eigenvalue weighted by Gasteiger charge is -2.13. The number of carbonyl (C=O) groups is 4. The molecule has 2 aliphatic heterocycles. The highest BCUT2D eigenvalue weighted by Gasteiger charge is 2.36. The zero-order valence-electron chi connectivity index (χ0n) is 18.4. The van der Waals surface area contributed by atoms with Crippen LogP contribution in [0.25, 0.3) is 6.08 Å². The molecule has 1 fully saturated rings. The molecule has 2 heterocycles. The molecule has 182 valence electrons. The predicted molar refractivity (Wildman–Crippen MR) is 130 cm³/mol. The SMILES string of the molecule is CCOC(=O)COc1ccc(Br)cc1/C=C1/SC(=O)N(CC(=O)Nc2ccc3c(c2)OCO3)C1=O. The van der Waals surface area contributed by atoms with Crippen LogP contribution in [0, 0.1) is 0 Å². The number of anilines is 1. The molecule has 2 aliphatic rings. The van der Waals surface area contributed by atoms with Crippen LogP contribution >= 0.6 is 27.7 Å². The Labute approximate surface area is 212 Å². The van der Waals surface area contributed by atoms with Crippen molar-refractivity contribution in [1.29, 1.82) is 0 Å². The Hall–Kier alpha value is -3.51. The highest BCUT2D eigenvalue weighted by Crippen LogP contribution is 2.36. The van der Waals surface area contributed by atoms with Crippen LogP contribution in [0.5, 0.6) is 17.2 Å². The van der Waals surface area contributed by atoms with E-state index in [-0.39, 0.29) is 24.9 Å². The first kappa shape index (κ1) is 24.6. The van der Waals surface area contributed by atoms with E-state index in [4.69, 9.17) is 18.9 Å². The van der Waals surface area contributed by atoms with E-state index in [1.54, 1.807) is 43.3 Å². The van der Waals surface area contributed by atoms with Gasteiger partial charge in [0.25, 0.3) is 11.1 Å². The molecule has 2 aromatic carbocycles. The van der Waals surface area contributed by atoms with Gasteiger partial charge in [-0.1, -0.05) is 15.9 Å². The number of ether oxygens (including phenoxy) is 4. The van der Waals surface area contributed by atoms with Gasteiger partial charge in [0, 0.05) is 21.8 Å². The first-order valence-electron chi connectivity index (χ1n) is 10.4. The molecular weight excluding hydrogens is 544 g/mol. The number of thioether (sulfide) groups is 1. The number of hydrogen-bond donors (Lipinski definition) is 1. The van der Waals surface area contributed by atoms with Crippen LogP contribution in [0.4, 0.5) is 10.5 Å². The van der Waals surface area contributed by atoms with Crippen LogP contribution in [-0.4, -0.2) is 54.5 Å². The number of esters is 1. The van der Waals surface area contributed by atoms with E-state index in [2.05, 4.69) is 21.2 Å². The molecule has 4 rings (SSSR count). The summed E-state index contributed by atoms with van der Waals surface area (Å²) >= 11 is 4.06. The van der Waals surface area contributed by atoms with Crippen molar-refractivity contribution >= 4 is 62.5 Å². The minimum absolute atomic E-state index is 0.101. The van der Waals surface area contributed by atoms with Gasteiger partial charge in [-0.25, -0.2) is 4.79 Å². The van der Waals surface area contributed by atoms with Crippen molar-refractivity contribution in [3.63, 3.8) is 0 Å². The van der Waals surface area contributed by atoms with Gasteiger partial charge in [0.1, 0.15) is 12.3 Å². The number of fused-ring (bicyclic) bond motifs is 1. The summed E-state index contributed by atoms with van der Waals surface area (Å²) in [6.07, 6.45) is 1.48. The summed E-state index contributed by atoms with van der Waals surface area (Å²) in [5.41, 5.74) is 0.915. The fraction of sp³-hybridized carbons (Fsp3) is 0.217. The minimum atomic E-state index is -0.614. The second-order valence-electron chi connectivity index (χ2n) is 7.16. The van der Waals surface area contributed by atoms with Crippen LogP contribution in [-0.2, 0) is 19.1 Å². The van der Waals surface area contributed by atoms with Gasteiger partial charge >= 0.3 is 5.97 Å². The zero-order chi connectivity index (χ0) is 24.9. The molecule has 3 amide bonds. The third kappa shape index (κ3) is 5.95. The Kier molecular flexibility index (Phi) is 7.61. The lowest BCUT2D eigenvalue weighted by Crippen LogP contribution is -2.36. The van der Waals surface area contributed by atoms with Gasteiger partial charge in [0.05, 0.1) is 11.5 Å². The predicted octanol–water partition coefficient (Wildman–Crippen LogP) is 3.79. The van der Waals surface area contributed by atoms with Crippen LogP contribution in [0.2, 0.25) is 0 Å². The molecule has 10 nitrogen and oxygen atoms in total. The summed E-state index contributed by atoms with van der Waals surface area (Å²) in [7, 11) is 0. The minimum Gasteiger partial charge on any atom is -0.481 e. The van der Waals surface area contributed by atoms with Crippen molar-refractivity contribution in [2.45, 2.75) is 6.92 Å². The zero-order valence-corrected chi connectivity index (χ0v) is 20.8. The van der Waals surface area contributed by atoms with E-state index >= 15 is 0 Å². The van der Waals surface area contributed by atoms with E-state index in [1.165, 1.54) is 6.08 Å². The number of nitrogens with one attached hydrogen (secondary N) is 1. The largest absolute Gasteiger partial charge is 0.481 e. The molecule has 0 unspecified atom stereocenters. The standard InChI is InChI=1S/C23H19BrN2O8S/c1-2-31-21(28)11-32-16-5-3-14(24)7-13(16)8-19-22(29)26(23(30)35-19)10-20(27)25-15-4-6-17-18(9-15)34-12-33-17/h3-9H,2,10-12H2,1H3,(H,25,27)/b19-8+. The fourth-order valence-corrected chi connectivity index (χ4v) is 4.41. The van der Waals surface area contributed by atoms with Crippen LogP contribution < -0.4 is 19.5 Å². The molecule has 0 aliphatic carbocycles. The summed E-state index contributed by atoms with van der Waals surface area (Å²) in [6, 6.07) is 9.90. The third-order valence-corrected chi connectivity index (χ3v) is 6.14. The Morgan fingerprint density at radius 1 is 1.17 bits per heavy atom. The van der Waals surface area contributed by atoms with E-state index in [9.17, 15) is 19.2 Å². The summed E-state index contributed by atoms with van der Waals surface area (Å²) in [5, 5.41) is 2.06. The maximum atomic E-state index is 12.9. The molecular formula is C23H19BrN2O8S. The van der Waals surface area contributed by atoms with Crippen LogP contribution in [0.3, 0.4) is 0 Å². The first-order chi connectivity index (χ1) is 16.8. The topological polar surface area (TPSA) is 120 Å². The van der Waals surface area contributed by atoms with E-state index in [0.29, 0.717) is 44.7 Å². The number of carbonyl (C=O) groups excluding carboxylic acids is 4. The van der Waals surface area contributed by atoms with Crippen molar-refractivity contribution < 1.29 is 38.1 Å². The lowest BCUT2D eigenvalue weighted by atomic mass is 10.2. The highest BCUT2D eigenvalue weighted by atomic mass is 79.9. The Bertz CT molecular complexity index is 1230. The molecule has 0 spiro atoms. The van der Waals surface area contributed by atoms with Gasteiger partial charge in [-0.3, -0.25) is 19.3 Å². The number of halogens is 1. The second kappa shape index (κ2) is 10.8. The number of amides is 3. The maximum absolute atomic E-state index is 12.9. The normalized spacial score (nSPS) is 15.5. The molecule has 12 heteroatoms. The van der Waals surface area contributed by atoms with Crippen molar-refractivity contribution in [3.05, 3.63) is 51.3 Å². The molecule has 2 aromatic rings. The number of imide groups is 1. The van der Waals surface area contributed by atoms with E-state index < -0.39 is 29.6 Å². The summed E-state index contributed by atoms with van der Waals surface area (Å²) < 4.78 is 21.6. The van der Waals surface area contributed by atoms with Gasteiger partial charge in [0.15, 0.2) is 18.1 Å². The van der Waals surface area contributed by atoms with E-state index in [0.717, 1.165) is 4.90 Å². The van der Waals surface area contributed by atoms with Crippen LogP contribution in [0.15, 0.2) is 45.8 Å². The van der Waals surface area contributed by atoms with Crippen molar-refractivity contribution in [1.82, 2.24) is 4.90 Å². The molecule has 1 N–H and O–H groups in total. The van der Waals surface area contributed by atoms with Crippen molar-refractivity contribution in [2.24, 2.45) is 0 Å². The Balaban J connectivity index is 1.44. The number of rotatable bonds is 8. The molecule has 0 bridgehead atoms. The van der Waals surface area contributed by atoms with Gasteiger partial charge in [0.2, 0.25) is 12.7 Å². The Morgan fingerprint density at radius 2 is 1.97 bits per heavy atom. The third-order valence-electron chi connectivity index (χ3n) is 4.74. The maximum Gasteiger partial charge on any atom is 0.344 e.